The predicted molar refractivity (Wildman–Crippen MR) is 109 cm³/mol. The van der Waals surface area contributed by atoms with Crippen molar-refractivity contribution < 1.29 is 9.59 Å². The van der Waals surface area contributed by atoms with E-state index in [-0.39, 0.29) is 24.4 Å². The first kappa shape index (κ1) is 19.2. The maximum atomic E-state index is 12.3. The Labute approximate surface area is 164 Å². The Bertz CT molecular complexity index is 790. The molecule has 0 spiro atoms. The third-order valence-corrected chi connectivity index (χ3v) is 4.88. The number of halogens is 1. The first-order valence-corrected chi connectivity index (χ1v) is 9.65. The van der Waals surface area contributed by atoms with Crippen molar-refractivity contribution in [1.82, 2.24) is 5.32 Å². The number of aryl methyl sites for hydroxylation is 1. The van der Waals surface area contributed by atoms with Crippen LogP contribution in [0, 0.1) is 0 Å². The molecule has 27 heavy (non-hydrogen) atoms. The molecule has 5 nitrogen and oxygen atoms in total. The number of amides is 3. The van der Waals surface area contributed by atoms with E-state index in [2.05, 4.69) is 17.6 Å². The quantitative estimate of drug-likeness (QED) is 0.762. The maximum absolute atomic E-state index is 12.3. The standard InChI is InChI=1S/C21H24ClN3O2/c1-2-3-4-15-5-9-17(10-6-15)23-21(27)24-18-13-20(26)25(14-18)19-11-7-16(22)8-12-19/h5-12,18H,2-4,13-14H2,1H3,(H2,23,24,27). The molecule has 0 saturated carbocycles. The Kier molecular flexibility index (Phi) is 6.35. The van der Waals surface area contributed by atoms with Crippen molar-refractivity contribution in [1.29, 1.82) is 0 Å². The van der Waals surface area contributed by atoms with E-state index >= 15 is 0 Å². The summed E-state index contributed by atoms with van der Waals surface area (Å²) in [7, 11) is 0. The van der Waals surface area contributed by atoms with Crippen LogP contribution in [-0.2, 0) is 11.2 Å². The molecular weight excluding hydrogens is 362 g/mol. The van der Waals surface area contributed by atoms with Crippen molar-refractivity contribution in [2.45, 2.75) is 38.6 Å². The lowest BCUT2D eigenvalue weighted by Crippen LogP contribution is -2.39. The molecule has 1 aliphatic rings. The number of hydrogen-bond donors (Lipinski definition) is 2. The summed E-state index contributed by atoms with van der Waals surface area (Å²) in [6.45, 7) is 2.62. The normalized spacial score (nSPS) is 16.4. The highest BCUT2D eigenvalue weighted by atomic mass is 35.5. The molecule has 1 aliphatic heterocycles. The van der Waals surface area contributed by atoms with Crippen LogP contribution in [0.1, 0.15) is 31.7 Å². The fourth-order valence-electron chi connectivity index (χ4n) is 3.16. The van der Waals surface area contributed by atoms with Gasteiger partial charge in [-0.25, -0.2) is 4.79 Å². The minimum absolute atomic E-state index is 0.0112. The van der Waals surface area contributed by atoms with Gasteiger partial charge in [-0.2, -0.15) is 0 Å². The summed E-state index contributed by atoms with van der Waals surface area (Å²) in [5.41, 5.74) is 2.80. The van der Waals surface area contributed by atoms with Crippen molar-refractivity contribution in [3.8, 4) is 0 Å². The molecule has 0 radical (unpaired) electrons. The predicted octanol–water partition coefficient (Wildman–Crippen LogP) is 4.61. The van der Waals surface area contributed by atoms with E-state index in [4.69, 9.17) is 11.6 Å². The van der Waals surface area contributed by atoms with E-state index in [0.29, 0.717) is 11.6 Å². The lowest BCUT2D eigenvalue weighted by atomic mass is 10.1. The number of urea groups is 1. The number of unbranched alkanes of at least 4 members (excludes halogenated alkanes) is 1. The third kappa shape index (κ3) is 5.23. The number of rotatable bonds is 6. The number of carbonyl (C=O) groups excluding carboxylic acids is 2. The van der Waals surface area contributed by atoms with Crippen LogP contribution in [-0.4, -0.2) is 24.5 Å². The molecule has 2 aromatic rings. The minimum atomic E-state index is -0.299. The van der Waals surface area contributed by atoms with Crippen molar-refractivity contribution in [3.63, 3.8) is 0 Å². The zero-order valence-electron chi connectivity index (χ0n) is 15.4. The summed E-state index contributed by atoms with van der Waals surface area (Å²) in [6.07, 6.45) is 3.66. The molecule has 142 valence electrons. The molecule has 1 unspecified atom stereocenters. The van der Waals surface area contributed by atoms with Crippen LogP contribution in [0.2, 0.25) is 5.02 Å². The highest BCUT2D eigenvalue weighted by Crippen LogP contribution is 2.23. The van der Waals surface area contributed by atoms with E-state index < -0.39 is 0 Å². The van der Waals surface area contributed by atoms with Gasteiger partial charge >= 0.3 is 6.03 Å². The molecule has 0 aromatic heterocycles. The maximum Gasteiger partial charge on any atom is 0.319 e. The largest absolute Gasteiger partial charge is 0.333 e. The second-order valence-corrected chi connectivity index (χ2v) is 7.22. The van der Waals surface area contributed by atoms with Crippen LogP contribution in [0.3, 0.4) is 0 Å². The third-order valence-electron chi connectivity index (χ3n) is 4.63. The molecule has 3 amide bonds. The Morgan fingerprint density at radius 1 is 1.15 bits per heavy atom. The van der Waals surface area contributed by atoms with Crippen molar-refractivity contribution in [3.05, 3.63) is 59.1 Å². The van der Waals surface area contributed by atoms with Gasteiger partial charge in [0.05, 0.1) is 6.04 Å². The summed E-state index contributed by atoms with van der Waals surface area (Å²) < 4.78 is 0. The van der Waals surface area contributed by atoms with E-state index in [1.165, 1.54) is 5.56 Å². The van der Waals surface area contributed by atoms with E-state index in [0.717, 1.165) is 30.6 Å². The molecule has 0 aliphatic carbocycles. The molecule has 6 heteroatoms. The number of carbonyl (C=O) groups is 2. The molecule has 3 rings (SSSR count). The number of hydrogen-bond acceptors (Lipinski definition) is 2. The number of nitrogens with one attached hydrogen (secondary N) is 2. The molecular formula is C21H24ClN3O2. The monoisotopic (exact) mass is 385 g/mol. The lowest BCUT2D eigenvalue weighted by molar-refractivity contribution is -0.117. The van der Waals surface area contributed by atoms with Crippen molar-refractivity contribution >= 4 is 34.9 Å². The van der Waals surface area contributed by atoms with Gasteiger partial charge in [0, 0.05) is 29.4 Å². The van der Waals surface area contributed by atoms with Crippen molar-refractivity contribution in [2.24, 2.45) is 0 Å². The minimum Gasteiger partial charge on any atom is -0.333 e. The summed E-state index contributed by atoms with van der Waals surface area (Å²) in [6, 6.07) is 14.5. The molecule has 1 atom stereocenters. The van der Waals surface area contributed by atoms with Gasteiger partial charge in [-0.05, 0) is 54.8 Å². The fourth-order valence-corrected chi connectivity index (χ4v) is 3.29. The van der Waals surface area contributed by atoms with Gasteiger partial charge in [-0.15, -0.1) is 0 Å². The summed E-state index contributed by atoms with van der Waals surface area (Å²) in [5, 5.41) is 6.34. The molecule has 1 saturated heterocycles. The zero-order valence-corrected chi connectivity index (χ0v) is 16.1. The van der Waals surface area contributed by atoms with Crippen LogP contribution in [0.25, 0.3) is 0 Å². The summed E-state index contributed by atoms with van der Waals surface area (Å²) in [4.78, 5) is 26.2. The van der Waals surface area contributed by atoms with Crippen molar-refractivity contribution in [2.75, 3.05) is 16.8 Å². The number of benzene rings is 2. The van der Waals surface area contributed by atoms with Crippen LogP contribution >= 0.6 is 11.6 Å². The van der Waals surface area contributed by atoms with E-state index in [9.17, 15) is 9.59 Å². The Morgan fingerprint density at radius 2 is 1.85 bits per heavy atom. The van der Waals surface area contributed by atoms with Gasteiger partial charge < -0.3 is 15.5 Å². The molecule has 2 N–H and O–H groups in total. The van der Waals surface area contributed by atoms with Crippen LogP contribution < -0.4 is 15.5 Å². The summed E-state index contributed by atoms with van der Waals surface area (Å²) >= 11 is 5.90. The van der Waals surface area contributed by atoms with Gasteiger partial charge in [-0.1, -0.05) is 37.1 Å². The van der Waals surface area contributed by atoms with E-state index in [1.807, 2.05) is 36.4 Å². The highest BCUT2D eigenvalue weighted by Gasteiger charge is 2.31. The molecule has 1 heterocycles. The number of anilines is 2. The average Bonchev–Trinajstić information content (AvgIpc) is 3.01. The Balaban J connectivity index is 1.52. The second kappa shape index (κ2) is 8.91. The lowest BCUT2D eigenvalue weighted by Gasteiger charge is -2.17. The molecule has 0 bridgehead atoms. The highest BCUT2D eigenvalue weighted by molar-refractivity contribution is 6.30. The topological polar surface area (TPSA) is 61.4 Å². The van der Waals surface area contributed by atoms with Gasteiger partial charge in [0.1, 0.15) is 0 Å². The summed E-state index contributed by atoms with van der Waals surface area (Å²) in [5.74, 6) is -0.0112. The van der Waals surface area contributed by atoms with Crippen LogP contribution in [0.5, 0.6) is 0 Å². The number of nitrogens with zero attached hydrogens (tertiary/aromatic N) is 1. The SMILES string of the molecule is CCCCc1ccc(NC(=O)NC2CC(=O)N(c3ccc(Cl)cc3)C2)cc1. The smallest absolute Gasteiger partial charge is 0.319 e. The first-order chi connectivity index (χ1) is 13.0. The Morgan fingerprint density at radius 3 is 2.52 bits per heavy atom. The van der Waals surface area contributed by atoms with Gasteiger partial charge in [0.15, 0.2) is 0 Å². The second-order valence-electron chi connectivity index (χ2n) is 6.78. The molecule has 1 fully saturated rings. The van der Waals surface area contributed by atoms with E-state index in [1.54, 1.807) is 17.0 Å². The van der Waals surface area contributed by atoms with Gasteiger partial charge in [0.25, 0.3) is 0 Å². The Hall–Kier alpha value is -2.53. The first-order valence-electron chi connectivity index (χ1n) is 9.27. The van der Waals surface area contributed by atoms with Gasteiger partial charge in [-0.3, -0.25) is 4.79 Å². The van der Waals surface area contributed by atoms with Crippen LogP contribution in [0.15, 0.2) is 48.5 Å². The zero-order chi connectivity index (χ0) is 19.2. The molecule has 2 aromatic carbocycles. The fraction of sp³-hybridized carbons (Fsp3) is 0.333. The van der Waals surface area contributed by atoms with Crippen LogP contribution in [0.4, 0.5) is 16.2 Å². The van der Waals surface area contributed by atoms with Gasteiger partial charge in [0.2, 0.25) is 5.91 Å². The average molecular weight is 386 g/mol.